The van der Waals surface area contributed by atoms with Crippen LogP contribution in [0, 0.1) is 0 Å². The van der Waals surface area contributed by atoms with Gasteiger partial charge < -0.3 is 15.7 Å². The second kappa shape index (κ2) is 8.55. The predicted molar refractivity (Wildman–Crippen MR) is 62.4 cm³/mol. The Bertz CT molecular complexity index is 277. The van der Waals surface area contributed by atoms with Crippen molar-refractivity contribution in [2.24, 2.45) is 0 Å². The van der Waals surface area contributed by atoms with E-state index in [9.17, 15) is 14.4 Å². The van der Waals surface area contributed by atoms with Gasteiger partial charge in [-0.25, -0.2) is 0 Å². The van der Waals surface area contributed by atoms with Gasteiger partial charge in [0, 0.05) is 25.4 Å². The van der Waals surface area contributed by atoms with E-state index in [0.717, 1.165) is 0 Å². The third-order valence-corrected chi connectivity index (χ3v) is 1.92. The minimum absolute atomic E-state index is 0.0710. The SMILES string of the molecule is CC(C)NC(=O)CCCC(=O)NCCC(=O)O. The summed E-state index contributed by atoms with van der Waals surface area (Å²) in [5.41, 5.74) is 0. The molecule has 0 saturated carbocycles. The van der Waals surface area contributed by atoms with Crippen LogP contribution in [0.15, 0.2) is 0 Å². The number of rotatable bonds is 8. The lowest BCUT2D eigenvalue weighted by Crippen LogP contribution is -2.30. The molecular formula is C11H20N2O4. The Kier molecular flexibility index (Phi) is 7.75. The number of nitrogens with one attached hydrogen (secondary N) is 2. The first-order chi connectivity index (χ1) is 7.91. The lowest BCUT2D eigenvalue weighted by molar-refractivity contribution is -0.137. The molecule has 0 aromatic heterocycles. The Morgan fingerprint density at radius 1 is 1.06 bits per heavy atom. The highest BCUT2D eigenvalue weighted by Crippen LogP contribution is 1.96. The Hall–Kier alpha value is -1.59. The maximum absolute atomic E-state index is 11.2. The lowest BCUT2D eigenvalue weighted by Gasteiger charge is -2.07. The molecule has 0 aromatic carbocycles. The van der Waals surface area contributed by atoms with Crippen molar-refractivity contribution in [1.82, 2.24) is 10.6 Å². The third-order valence-electron chi connectivity index (χ3n) is 1.92. The third kappa shape index (κ3) is 10.7. The molecule has 98 valence electrons. The number of hydrogen-bond acceptors (Lipinski definition) is 3. The summed E-state index contributed by atoms with van der Waals surface area (Å²) in [6, 6.07) is 0.104. The summed E-state index contributed by atoms with van der Waals surface area (Å²) in [6.07, 6.45) is 0.937. The molecule has 2 amide bonds. The van der Waals surface area contributed by atoms with Crippen molar-refractivity contribution in [3.8, 4) is 0 Å². The Balaban J connectivity index is 3.51. The van der Waals surface area contributed by atoms with Crippen LogP contribution >= 0.6 is 0 Å². The molecule has 0 aliphatic heterocycles. The van der Waals surface area contributed by atoms with E-state index in [0.29, 0.717) is 12.8 Å². The maximum Gasteiger partial charge on any atom is 0.305 e. The van der Waals surface area contributed by atoms with Gasteiger partial charge in [0.1, 0.15) is 0 Å². The fourth-order valence-corrected chi connectivity index (χ4v) is 1.20. The van der Waals surface area contributed by atoms with Gasteiger partial charge in [-0.2, -0.15) is 0 Å². The van der Waals surface area contributed by atoms with Gasteiger partial charge in [0.25, 0.3) is 0 Å². The monoisotopic (exact) mass is 244 g/mol. The van der Waals surface area contributed by atoms with E-state index in [2.05, 4.69) is 10.6 Å². The molecular weight excluding hydrogens is 224 g/mol. The Labute approximate surface area is 101 Å². The van der Waals surface area contributed by atoms with Crippen LogP contribution in [-0.2, 0) is 14.4 Å². The van der Waals surface area contributed by atoms with Crippen molar-refractivity contribution in [2.45, 2.75) is 45.6 Å². The lowest BCUT2D eigenvalue weighted by atomic mass is 10.2. The average molecular weight is 244 g/mol. The molecule has 0 bridgehead atoms. The Morgan fingerprint density at radius 2 is 1.65 bits per heavy atom. The first kappa shape index (κ1) is 15.4. The fraction of sp³-hybridized carbons (Fsp3) is 0.727. The summed E-state index contributed by atoms with van der Waals surface area (Å²) in [6.45, 7) is 3.87. The van der Waals surface area contributed by atoms with Gasteiger partial charge in [-0.15, -0.1) is 0 Å². The van der Waals surface area contributed by atoms with Crippen molar-refractivity contribution in [1.29, 1.82) is 0 Å². The average Bonchev–Trinajstić information content (AvgIpc) is 2.15. The summed E-state index contributed by atoms with van der Waals surface area (Å²) < 4.78 is 0. The minimum atomic E-state index is -0.943. The highest BCUT2D eigenvalue weighted by molar-refractivity contribution is 5.79. The van der Waals surface area contributed by atoms with E-state index in [1.165, 1.54) is 0 Å². The highest BCUT2D eigenvalue weighted by Gasteiger charge is 2.06. The summed E-state index contributed by atoms with van der Waals surface area (Å²) in [4.78, 5) is 32.6. The van der Waals surface area contributed by atoms with Crippen molar-refractivity contribution in [2.75, 3.05) is 6.54 Å². The van der Waals surface area contributed by atoms with Crippen LogP contribution in [0.4, 0.5) is 0 Å². The summed E-state index contributed by atoms with van der Waals surface area (Å²) in [7, 11) is 0. The summed E-state index contributed by atoms with van der Waals surface area (Å²) >= 11 is 0. The van der Waals surface area contributed by atoms with E-state index in [1.54, 1.807) is 0 Å². The van der Waals surface area contributed by atoms with Crippen molar-refractivity contribution in [3.05, 3.63) is 0 Å². The van der Waals surface area contributed by atoms with Gasteiger partial charge in [0.15, 0.2) is 0 Å². The molecule has 0 fully saturated rings. The van der Waals surface area contributed by atoms with Crippen LogP contribution in [0.5, 0.6) is 0 Å². The topological polar surface area (TPSA) is 95.5 Å². The van der Waals surface area contributed by atoms with Crippen molar-refractivity contribution in [3.63, 3.8) is 0 Å². The number of amides is 2. The van der Waals surface area contributed by atoms with E-state index in [1.807, 2.05) is 13.8 Å². The number of aliphatic carboxylic acids is 1. The zero-order valence-corrected chi connectivity index (χ0v) is 10.3. The van der Waals surface area contributed by atoms with E-state index in [4.69, 9.17) is 5.11 Å². The first-order valence-electron chi connectivity index (χ1n) is 5.69. The van der Waals surface area contributed by atoms with Gasteiger partial charge in [-0.1, -0.05) is 0 Å². The van der Waals surface area contributed by atoms with Crippen LogP contribution in [0.2, 0.25) is 0 Å². The fourth-order valence-electron chi connectivity index (χ4n) is 1.20. The number of carbonyl (C=O) groups is 3. The molecule has 0 radical (unpaired) electrons. The van der Waals surface area contributed by atoms with Crippen molar-refractivity contribution >= 4 is 17.8 Å². The van der Waals surface area contributed by atoms with E-state index in [-0.39, 0.29) is 37.2 Å². The van der Waals surface area contributed by atoms with Crippen LogP contribution in [0.3, 0.4) is 0 Å². The minimum Gasteiger partial charge on any atom is -0.481 e. The second-order valence-corrected chi connectivity index (χ2v) is 4.07. The largest absolute Gasteiger partial charge is 0.481 e. The van der Waals surface area contributed by atoms with Crippen molar-refractivity contribution < 1.29 is 19.5 Å². The quantitative estimate of drug-likeness (QED) is 0.571. The van der Waals surface area contributed by atoms with Gasteiger partial charge in [-0.05, 0) is 20.3 Å². The molecule has 3 N–H and O–H groups in total. The second-order valence-electron chi connectivity index (χ2n) is 4.07. The van der Waals surface area contributed by atoms with E-state index < -0.39 is 5.97 Å². The molecule has 0 rings (SSSR count). The molecule has 0 heterocycles. The molecule has 6 nitrogen and oxygen atoms in total. The van der Waals surface area contributed by atoms with Crippen LogP contribution in [0.25, 0.3) is 0 Å². The van der Waals surface area contributed by atoms with Crippen LogP contribution in [0.1, 0.15) is 39.5 Å². The normalized spacial score (nSPS) is 10.1. The van der Waals surface area contributed by atoms with E-state index >= 15 is 0 Å². The molecule has 0 aliphatic rings. The number of carbonyl (C=O) groups excluding carboxylic acids is 2. The molecule has 0 aliphatic carbocycles. The highest BCUT2D eigenvalue weighted by atomic mass is 16.4. The standard InChI is InChI=1S/C11H20N2O4/c1-8(2)13-10(15)5-3-4-9(14)12-7-6-11(16)17/h8H,3-7H2,1-2H3,(H,12,14)(H,13,15)(H,16,17). The van der Waals surface area contributed by atoms with Gasteiger partial charge in [-0.3, -0.25) is 14.4 Å². The molecule has 0 spiro atoms. The summed E-state index contributed by atoms with van der Waals surface area (Å²) in [5.74, 6) is -1.23. The van der Waals surface area contributed by atoms with Crippen LogP contribution < -0.4 is 10.6 Å². The smallest absolute Gasteiger partial charge is 0.305 e. The van der Waals surface area contributed by atoms with Crippen LogP contribution in [-0.4, -0.2) is 35.5 Å². The number of hydrogen-bond donors (Lipinski definition) is 3. The maximum atomic E-state index is 11.2. The zero-order valence-electron chi connectivity index (χ0n) is 10.3. The predicted octanol–water partition coefficient (Wildman–Crippen LogP) is 0.272. The Morgan fingerprint density at radius 3 is 2.18 bits per heavy atom. The van der Waals surface area contributed by atoms with Gasteiger partial charge in [0.05, 0.1) is 6.42 Å². The molecule has 6 heteroatoms. The van der Waals surface area contributed by atoms with Gasteiger partial charge >= 0.3 is 5.97 Å². The first-order valence-corrected chi connectivity index (χ1v) is 5.69. The molecule has 17 heavy (non-hydrogen) atoms. The molecule has 0 atom stereocenters. The summed E-state index contributed by atoms with van der Waals surface area (Å²) in [5, 5.41) is 13.6. The molecule has 0 saturated heterocycles. The van der Waals surface area contributed by atoms with Gasteiger partial charge in [0.2, 0.25) is 11.8 Å². The number of carboxylic acids is 1. The zero-order chi connectivity index (χ0) is 13.3. The number of carboxylic acid groups (broad SMARTS) is 1. The molecule has 0 unspecified atom stereocenters. The molecule has 0 aromatic rings.